The second-order valence-corrected chi connectivity index (χ2v) is 5.21. The predicted molar refractivity (Wildman–Crippen MR) is 74.4 cm³/mol. The number of hydrogen-bond donors (Lipinski definition) is 2. The van der Waals surface area contributed by atoms with E-state index < -0.39 is 0 Å². The molecule has 0 spiro atoms. The third-order valence-corrected chi connectivity index (χ3v) is 3.66. The van der Waals surface area contributed by atoms with Gasteiger partial charge < -0.3 is 11.1 Å². The lowest BCUT2D eigenvalue weighted by atomic mass is 10.1. The Morgan fingerprint density at radius 3 is 2.83 bits per heavy atom. The van der Waals surface area contributed by atoms with Crippen molar-refractivity contribution < 1.29 is 0 Å². The molecule has 0 bridgehead atoms. The molecule has 18 heavy (non-hydrogen) atoms. The Morgan fingerprint density at radius 1 is 1.22 bits per heavy atom. The van der Waals surface area contributed by atoms with Crippen LogP contribution in [0, 0.1) is 5.92 Å². The average Bonchev–Trinajstić information content (AvgIpc) is 2.74. The zero-order chi connectivity index (χ0) is 12.5. The Morgan fingerprint density at radius 2 is 2.06 bits per heavy atom. The average molecular weight is 242 g/mol. The molecule has 1 heterocycles. The Hall–Kier alpha value is -1.84. The van der Waals surface area contributed by atoms with Gasteiger partial charge in [-0.1, -0.05) is 19.1 Å². The summed E-state index contributed by atoms with van der Waals surface area (Å²) < 4.78 is 0. The highest BCUT2D eigenvalue weighted by molar-refractivity contribution is 5.89. The van der Waals surface area contributed by atoms with Crippen molar-refractivity contribution in [1.82, 2.24) is 9.97 Å². The molecule has 0 aliphatic heterocycles. The van der Waals surface area contributed by atoms with Gasteiger partial charge in [0.2, 0.25) is 5.95 Å². The molecule has 1 saturated carbocycles. The van der Waals surface area contributed by atoms with Crippen molar-refractivity contribution in [2.75, 3.05) is 11.1 Å². The van der Waals surface area contributed by atoms with Crippen molar-refractivity contribution in [3.05, 3.63) is 24.3 Å². The van der Waals surface area contributed by atoms with Gasteiger partial charge in [0.25, 0.3) is 0 Å². The number of fused-ring (bicyclic) bond motifs is 1. The fourth-order valence-corrected chi connectivity index (χ4v) is 2.74. The molecule has 0 radical (unpaired) electrons. The van der Waals surface area contributed by atoms with Crippen LogP contribution in [0.1, 0.15) is 26.2 Å². The van der Waals surface area contributed by atoms with Crippen LogP contribution in [0.25, 0.3) is 10.9 Å². The van der Waals surface area contributed by atoms with Gasteiger partial charge in [-0.25, -0.2) is 4.98 Å². The molecular formula is C14H18N4. The summed E-state index contributed by atoms with van der Waals surface area (Å²) in [5, 5.41) is 4.57. The molecule has 4 heteroatoms. The van der Waals surface area contributed by atoms with Crippen LogP contribution < -0.4 is 11.1 Å². The summed E-state index contributed by atoms with van der Waals surface area (Å²) in [6.07, 6.45) is 3.70. The zero-order valence-corrected chi connectivity index (χ0v) is 10.6. The first-order valence-corrected chi connectivity index (χ1v) is 6.51. The van der Waals surface area contributed by atoms with Gasteiger partial charge in [-0.05, 0) is 37.3 Å². The van der Waals surface area contributed by atoms with E-state index in [1.807, 2.05) is 24.3 Å². The second-order valence-electron chi connectivity index (χ2n) is 5.21. The number of rotatable bonds is 2. The smallest absolute Gasteiger partial charge is 0.222 e. The highest BCUT2D eigenvalue weighted by Crippen LogP contribution is 2.29. The summed E-state index contributed by atoms with van der Waals surface area (Å²) in [6.45, 7) is 2.30. The summed E-state index contributed by atoms with van der Waals surface area (Å²) >= 11 is 0. The Kier molecular flexibility index (Phi) is 2.78. The molecule has 3 N–H and O–H groups in total. The van der Waals surface area contributed by atoms with Crippen molar-refractivity contribution in [3.8, 4) is 0 Å². The summed E-state index contributed by atoms with van der Waals surface area (Å²) in [4.78, 5) is 8.60. The minimum atomic E-state index is 0.335. The van der Waals surface area contributed by atoms with Gasteiger partial charge in [0.1, 0.15) is 5.82 Å². The maximum atomic E-state index is 5.76. The van der Waals surface area contributed by atoms with E-state index in [-0.39, 0.29) is 0 Å². The van der Waals surface area contributed by atoms with Crippen LogP contribution >= 0.6 is 0 Å². The van der Waals surface area contributed by atoms with E-state index in [0.29, 0.717) is 12.0 Å². The lowest BCUT2D eigenvalue weighted by molar-refractivity contribution is 0.602. The second kappa shape index (κ2) is 4.44. The number of para-hydroxylation sites is 1. The van der Waals surface area contributed by atoms with E-state index in [2.05, 4.69) is 22.2 Å². The molecule has 2 unspecified atom stereocenters. The maximum absolute atomic E-state index is 5.76. The first kappa shape index (κ1) is 11.3. The molecule has 1 aromatic carbocycles. The third kappa shape index (κ3) is 2.10. The minimum absolute atomic E-state index is 0.335. The molecule has 94 valence electrons. The molecular weight excluding hydrogens is 224 g/mol. The maximum Gasteiger partial charge on any atom is 0.222 e. The van der Waals surface area contributed by atoms with Gasteiger partial charge in [0.05, 0.1) is 5.52 Å². The van der Waals surface area contributed by atoms with Gasteiger partial charge in [-0.3, -0.25) is 0 Å². The van der Waals surface area contributed by atoms with E-state index in [1.54, 1.807) is 0 Å². The normalized spacial score (nSPS) is 23.4. The molecule has 2 aromatic rings. The number of nitrogen functional groups attached to an aromatic ring is 1. The molecule has 3 rings (SSSR count). The van der Waals surface area contributed by atoms with Crippen LogP contribution in [-0.2, 0) is 0 Å². The molecule has 2 atom stereocenters. The number of anilines is 2. The number of nitrogens with one attached hydrogen (secondary N) is 1. The number of nitrogens with two attached hydrogens (primary N) is 1. The van der Waals surface area contributed by atoms with E-state index in [9.17, 15) is 0 Å². The number of benzene rings is 1. The number of hydrogen-bond acceptors (Lipinski definition) is 4. The number of nitrogens with zero attached hydrogens (tertiary/aromatic N) is 2. The highest BCUT2D eigenvalue weighted by Gasteiger charge is 2.22. The highest BCUT2D eigenvalue weighted by atomic mass is 15.1. The molecule has 1 aliphatic carbocycles. The molecule has 1 aliphatic rings. The van der Waals surface area contributed by atoms with E-state index in [1.165, 1.54) is 19.3 Å². The largest absolute Gasteiger partial charge is 0.368 e. The quantitative estimate of drug-likeness (QED) is 0.850. The first-order chi connectivity index (χ1) is 8.72. The number of aromatic nitrogens is 2. The van der Waals surface area contributed by atoms with Crippen LogP contribution in [0.15, 0.2) is 24.3 Å². The van der Waals surface area contributed by atoms with Crippen LogP contribution in [0.4, 0.5) is 11.8 Å². The minimum Gasteiger partial charge on any atom is -0.368 e. The Bertz CT molecular complexity index is 567. The van der Waals surface area contributed by atoms with Crippen molar-refractivity contribution in [2.45, 2.75) is 32.2 Å². The van der Waals surface area contributed by atoms with E-state index >= 15 is 0 Å². The zero-order valence-electron chi connectivity index (χ0n) is 10.6. The van der Waals surface area contributed by atoms with Gasteiger partial charge >= 0.3 is 0 Å². The fourth-order valence-electron chi connectivity index (χ4n) is 2.74. The topological polar surface area (TPSA) is 63.8 Å². The van der Waals surface area contributed by atoms with Gasteiger partial charge in [-0.15, -0.1) is 0 Å². The first-order valence-electron chi connectivity index (χ1n) is 6.51. The predicted octanol–water partition coefficient (Wildman–Crippen LogP) is 2.81. The molecule has 0 amide bonds. The molecule has 1 aromatic heterocycles. The van der Waals surface area contributed by atoms with E-state index in [4.69, 9.17) is 5.73 Å². The van der Waals surface area contributed by atoms with Crippen molar-refractivity contribution in [1.29, 1.82) is 0 Å². The van der Waals surface area contributed by atoms with Gasteiger partial charge in [0.15, 0.2) is 0 Å². The standard InChI is InChI=1S/C14H18N4/c1-9-6-7-10(8-9)16-13-11-4-2-3-5-12(11)17-14(15)18-13/h2-5,9-10H,6-8H2,1H3,(H3,15,16,17,18). The molecule has 4 nitrogen and oxygen atoms in total. The molecule has 1 fully saturated rings. The van der Waals surface area contributed by atoms with Gasteiger partial charge in [0, 0.05) is 11.4 Å². The van der Waals surface area contributed by atoms with Crippen molar-refractivity contribution in [3.63, 3.8) is 0 Å². The van der Waals surface area contributed by atoms with Crippen LogP contribution in [-0.4, -0.2) is 16.0 Å². The van der Waals surface area contributed by atoms with E-state index in [0.717, 1.165) is 22.6 Å². The Labute approximate surface area is 107 Å². The summed E-state index contributed by atoms with van der Waals surface area (Å²) in [5.41, 5.74) is 6.67. The fraction of sp³-hybridized carbons (Fsp3) is 0.429. The SMILES string of the molecule is CC1CCC(Nc2nc(N)nc3ccccc23)C1. The third-order valence-electron chi connectivity index (χ3n) is 3.66. The van der Waals surface area contributed by atoms with Crippen LogP contribution in [0.5, 0.6) is 0 Å². The van der Waals surface area contributed by atoms with Crippen molar-refractivity contribution in [2.24, 2.45) is 5.92 Å². The van der Waals surface area contributed by atoms with Crippen LogP contribution in [0.2, 0.25) is 0 Å². The monoisotopic (exact) mass is 242 g/mol. The summed E-state index contributed by atoms with van der Waals surface area (Å²) in [7, 11) is 0. The van der Waals surface area contributed by atoms with Gasteiger partial charge in [-0.2, -0.15) is 4.98 Å². The lowest BCUT2D eigenvalue weighted by Crippen LogP contribution is -2.17. The summed E-state index contributed by atoms with van der Waals surface area (Å²) in [5.74, 6) is 2.01. The Balaban J connectivity index is 1.95. The van der Waals surface area contributed by atoms with Crippen molar-refractivity contribution >= 4 is 22.7 Å². The lowest BCUT2D eigenvalue weighted by Gasteiger charge is -2.15. The summed E-state index contributed by atoms with van der Waals surface area (Å²) in [6, 6.07) is 8.49. The molecule has 0 saturated heterocycles. The van der Waals surface area contributed by atoms with Crippen LogP contribution in [0.3, 0.4) is 0 Å².